The van der Waals surface area contributed by atoms with Gasteiger partial charge in [-0.1, -0.05) is 36.8 Å². The molecule has 0 bridgehead atoms. The van der Waals surface area contributed by atoms with E-state index in [1.54, 1.807) is 0 Å². The molecule has 3 aliphatic rings. The molecule has 3 aliphatic carbocycles. The van der Waals surface area contributed by atoms with Crippen molar-refractivity contribution in [2.45, 2.75) is 76.3 Å². The fourth-order valence-corrected chi connectivity index (χ4v) is 5.75. The summed E-state index contributed by atoms with van der Waals surface area (Å²) in [6.07, 6.45) is 4.11. The summed E-state index contributed by atoms with van der Waals surface area (Å²) in [5.41, 5.74) is 3.44. The lowest BCUT2D eigenvalue weighted by Crippen LogP contribution is -2.52. The van der Waals surface area contributed by atoms with Crippen molar-refractivity contribution < 1.29 is 18.7 Å². The van der Waals surface area contributed by atoms with Crippen molar-refractivity contribution in [3.63, 3.8) is 0 Å². The minimum Gasteiger partial charge on any atom is -0.478 e. The summed E-state index contributed by atoms with van der Waals surface area (Å²) in [6.45, 7) is 4.22. The van der Waals surface area contributed by atoms with Gasteiger partial charge in [-0.3, -0.25) is 0 Å². The van der Waals surface area contributed by atoms with Gasteiger partial charge in [0.25, 0.3) is 5.92 Å². The zero-order valence-corrected chi connectivity index (χ0v) is 16.6. The predicted molar refractivity (Wildman–Crippen MR) is 105 cm³/mol. The second-order valence-electron chi connectivity index (χ2n) is 9.03. The second kappa shape index (κ2) is 7.25. The maximum Gasteiger partial charge on any atom is 0.336 e. The third-order valence-electron chi connectivity index (χ3n) is 7.24. The van der Waals surface area contributed by atoms with Gasteiger partial charge in [0, 0.05) is 30.8 Å². The molecule has 0 spiro atoms. The molecular weight excluding hydrogens is 360 g/mol. The fourth-order valence-electron chi connectivity index (χ4n) is 5.75. The van der Waals surface area contributed by atoms with Crippen molar-refractivity contribution in [1.82, 2.24) is 5.32 Å². The van der Waals surface area contributed by atoms with E-state index in [1.165, 1.54) is 0 Å². The maximum absolute atomic E-state index is 13.0. The summed E-state index contributed by atoms with van der Waals surface area (Å²) in [6, 6.07) is 8.20. The molecule has 0 radical (unpaired) electrons. The van der Waals surface area contributed by atoms with E-state index >= 15 is 0 Å². The van der Waals surface area contributed by atoms with Gasteiger partial charge in [0.1, 0.15) is 0 Å². The Bertz CT molecular complexity index is 788. The van der Waals surface area contributed by atoms with Crippen molar-refractivity contribution in [2.24, 2.45) is 11.8 Å². The number of hydrogen-bond acceptors (Lipinski definition) is 2. The van der Waals surface area contributed by atoms with Gasteiger partial charge in [0.15, 0.2) is 0 Å². The zero-order valence-electron chi connectivity index (χ0n) is 16.6. The predicted octanol–water partition coefficient (Wildman–Crippen LogP) is 5.22. The quantitative estimate of drug-likeness (QED) is 0.725. The maximum atomic E-state index is 13.0. The van der Waals surface area contributed by atoms with E-state index in [0.29, 0.717) is 23.5 Å². The molecular formula is C23H29F2NO2. The number of rotatable bonds is 5. The monoisotopic (exact) mass is 389 g/mol. The fraction of sp³-hybridized carbons (Fsp3) is 0.609. The van der Waals surface area contributed by atoms with Gasteiger partial charge in [0.05, 0.1) is 5.57 Å². The molecule has 2 atom stereocenters. The lowest BCUT2D eigenvalue weighted by Gasteiger charge is -2.41. The second-order valence-corrected chi connectivity index (χ2v) is 9.03. The van der Waals surface area contributed by atoms with E-state index in [4.69, 9.17) is 0 Å². The molecule has 0 aliphatic heterocycles. The number of halogens is 2. The average molecular weight is 389 g/mol. The largest absolute Gasteiger partial charge is 0.478 e. The van der Waals surface area contributed by atoms with Crippen molar-refractivity contribution in [2.75, 3.05) is 0 Å². The van der Waals surface area contributed by atoms with Crippen LogP contribution in [0, 0.1) is 11.8 Å². The number of aliphatic carboxylic acids is 1. The zero-order chi connectivity index (χ0) is 20.1. The number of fused-ring (bicyclic) bond motifs is 1. The van der Waals surface area contributed by atoms with Crippen LogP contribution in [0.3, 0.4) is 0 Å². The summed E-state index contributed by atoms with van der Waals surface area (Å²) < 4.78 is 26.1. The summed E-state index contributed by atoms with van der Waals surface area (Å²) >= 11 is 0. The Morgan fingerprint density at radius 2 is 1.79 bits per heavy atom. The van der Waals surface area contributed by atoms with Crippen molar-refractivity contribution in [3.8, 4) is 0 Å². The number of carboxylic acids is 1. The molecule has 1 unspecified atom stereocenters. The van der Waals surface area contributed by atoms with Gasteiger partial charge in [0.2, 0.25) is 0 Å². The van der Waals surface area contributed by atoms with E-state index in [2.05, 4.69) is 18.3 Å². The molecule has 1 aromatic rings. The number of carbonyl (C=O) groups is 1. The van der Waals surface area contributed by atoms with Crippen LogP contribution in [0.25, 0.3) is 5.57 Å². The summed E-state index contributed by atoms with van der Waals surface area (Å²) in [5.74, 6) is -2.26. The number of hydrogen-bond donors (Lipinski definition) is 2. The molecule has 3 nitrogen and oxygen atoms in total. The van der Waals surface area contributed by atoms with Gasteiger partial charge < -0.3 is 10.4 Å². The first kappa shape index (κ1) is 19.6. The normalized spacial score (nSPS) is 30.6. The van der Waals surface area contributed by atoms with E-state index in [-0.39, 0.29) is 24.8 Å². The molecule has 2 saturated carbocycles. The standard InChI is InChI=1S/C23H29F2NO2/c1-13(15-7-9-16(10-8-15)26-17-11-23(24,25)12-17)20-14(2)21(22(27)28)19-6-4-3-5-18(19)20/h3-6,13,15-17,20,26H,7-12H2,1-2H3,(H,27,28)/t13?,15?,16?,20-/m1/s1. The van der Waals surface area contributed by atoms with Gasteiger partial charge >= 0.3 is 5.97 Å². The van der Waals surface area contributed by atoms with Crippen molar-refractivity contribution in [1.29, 1.82) is 0 Å². The molecule has 0 heterocycles. The molecule has 5 heteroatoms. The van der Waals surface area contributed by atoms with Crippen LogP contribution in [-0.4, -0.2) is 29.1 Å². The summed E-state index contributed by atoms with van der Waals surface area (Å²) in [5, 5.41) is 13.1. The van der Waals surface area contributed by atoms with E-state index in [1.807, 2.05) is 25.1 Å². The Balaban J connectivity index is 1.41. The number of carboxylic acid groups (broad SMARTS) is 1. The van der Waals surface area contributed by atoms with Crippen LogP contribution in [0.15, 0.2) is 29.8 Å². The minimum atomic E-state index is -2.47. The first-order chi connectivity index (χ1) is 13.3. The Kier molecular flexibility index (Phi) is 5.07. The highest BCUT2D eigenvalue weighted by Crippen LogP contribution is 2.49. The molecule has 0 saturated heterocycles. The van der Waals surface area contributed by atoms with Crippen LogP contribution in [0.2, 0.25) is 0 Å². The van der Waals surface area contributed by atoms with E-state index in [9.17, 15) is 18.7 Å². The lowest BCUT2D eigenvalue weighted by atomic mass is 9.71. The van der Waals surface area contributed by atoms with Crippen LogP contribution in [0.1, 0.15) is 69.4 Å². The molecule has 1 aromatic carbocycles. The molecule has 0 aromatic heterocycles. The Morgan fingerprint density at radius 3 is 2.39 bits per heavy atom. The van der Waals surface area contributed by atoms with E-state index < -0.39 is 11.9 Å². The van der Waals surface area contributed by atoms with Gasteiger partial charge in [-0.2, -0.15) is 0 Å². The minimum absolute atomic E-state index is 0.0237. The topological polar surface area (TPSA) is 49.3 Å². The third-order valence-corrected chi connectivity index (χ3v) is 7.24. The first-order valence-electron chi connectivity index (χ1n) is 10.4. The van der Waals surface area contributed by atoms with Crippen LogP contribution in [0.4, 0.5) is 8.78 Å². The van der Waals surface area contributed by atoms with Crippen LogP contribution < -0.4 is 5.32 Å². The van der Waals surface area contributed by atoms with Gasteiger partial charge in [-0.25, -0.2) is 13.6 Å². The molecule has 4 rings (SSSR count). The smallest absolute Gasteiger partial charge is 0.336 e. The lowest BCUT2D eigenvalue weighted by molar-refractivity contribution is -0.130. The van der Waals surface area contributed by atoms with Crippen molar-refractivity contribution >= 4 is 11.5 Å². The first-order valence-corrected chi connectivity index (χ1v) is 10.4. The molecule has 0 amide bonds. The van der Waals surface area contributed by atoms with Crippen LogP contribution in [-0.2, 0) is 4.79 Å². The average Bonchev–Trinajstić information content (AvgIpc) is 2.92. The highest BCUT2D eigenvalue weighted by Gasteiger charge is 2.46. The highest BCUT2D eigenvalue weighted by molar-refractivity contribution is 6.18. The number of nitrogens with one attached hydrogen (secondary N) is 1. The molecule has 2 N–H and O–H groups in total. The van der Waals surface area contributed by atoms with Gasteiger partial charge in [-0.05, 0) is 55.6 Å². The molecule has 152 valence electrons. The van der Waals surface area contributed by atoms with Crippen LogP contribution in [0.5, 0.6) is 0 Å². The SMILES string of the molecule is CC1=C(C(=O)O)c2ccccc2[C@@H]1C(C)C1CCC(NC2CC(F)(F)C2)CC1. The van der Waals surface area contributed by atoms with E-state index in [0.717, 1.165) is 42.4 Å². The molecule has 2 fully saturated rings. The number of allylic oxidation sites excluding steroid dienone is 1. The van der Waals surface area contributed by atoms with Crippen LogP contribution >= 0.6 is 0 Å². The summed E-state index contributed by atoms with van der Waals surface area (Å²) in [7, 11) is 0. The Hall–Kier alpha value is -1.75. The van der Waals surface area contributed by atoms with Gasteiger partial charge in [-0.15, -0.1) is 0 Å². The Labute approximate surface area is 165 Å². The summed E-state index contributed by atoms with van der Waals surface area (Å²) in [4.78, 5) is 11.8. The Morgan fingerprint density at radius 1 is 1.14 bits per heavy atom. The number of alkyl halides is 2. The molecule has 28 heavy (non-hydrogen) atoms. The highest BCUT2D eigenvalue weighted by atomic mass is 19.3. The van der Waals surface area contributed by atoms with Crippen molar-refractivity contribution in [3.05, 3.63) is 41.0 Å². The number of benzene rings is 1. The third kappa shape index (κ3) is 3.49.